The maximum Gasteiger partial charge on any atom is 0.261 e. The summed E-state index contributed by atoms with van der Waals surface area (Å²) in [6.07, 6.45) is 1.33. The van der Waals surface area contributed by atoms with Crippen molar-refractivity contribution in [1.82, 2.24) is 14.1 Å². The van der Waals surface area contributed by atoms with Crippen LogP contribution in [-0.2, 0) is 17.1 Å². The third-order valence-electron chi connectivity index (χ3n) is 2.94. The third-order valence-corrected chi connectivity index (χ3v) is 5.37. The van der Waals surface area contributed by atoms with Crippen molar-refractivity contribution in [3.63, 3.8) is 0 Å². The average Bonchev–Trinajstić information content (AvgIpc) is 2.66. The molecule has 0 aliphatic carbocycles. The molecule has 110 valence electrons. The summed E-state index contributed by atoms with van der Waals surface area (Å²) in [6, 6.07) is 0. The summed E-state index contributed by atoms with van der Waals surface area (Å²) < 4.78 is 27.9. The second kappa shape index (κ2) is 5.78. The van der Waals surface area contributed by atoms with Gasteiger partial charge in [0.15, 0.2) is 5.03 Å². The van der Waals surface area contributed by atoms with Gasteiger partial charge in [0.1, 0.15) is 0 Å². The molecule has 0 saturated carbocycles. The van der Waals surface area contributed by atoms with E-state index < -0.39 is 10.0 Å². The highest BCUT2D eigenvalue weighted by Crippen LogP contribution is 2.26. The topological polar surface area (TPSA) is 81.2 Å². The van der Waals surface area contributed by atoms with Crippen LogP contribution in [0.4, 0.5) is 0 Å². The van der Waals surface area contributed by atoms with E-state index in [4.69, 9.17) is 17.3 Å². The highest BCUT2D eigenvalue weighted by molar-refractivity contribution is 7.89. The summed E-state index contributed by atoms with van der Waals surface area (Å²) in [5.74, 6) is 0. The van der Waals surface area contributed by atoms with Gasteiger partial charge in [0.25, 0.3) is 10.0 Å². The molecule has 6 nitrogen and oxygen atoms in total. The molecule has 0 atom stereocenters. The number of hydrogen-bond acceptors (Lipinski definition) is 4. The SMILES string of the molecule is CCN(CC(C)(C)CN)S(=O)(=O)c1c(Cl)cnn1C. The Morgan fingerprint density at radius 2 is 2.11 bits per heavy atom. The molecule has 0 aliphatic heterocycles. The lowest BCUT2D eigenvalue weighted by molar-refractivity contribution is 0.272. The first-order valence-corrected chi connectivity index (χ1v) is 7.85. The standard InChI is InChI=1S/C11H21ClN4O2S/c1-5-16(8-11(2,3)7-13)19(17,18)10-9(12)6-14-15(10)4/h6H,5,7-8,13H2,1-4H3. The molecule has 1 aromatic heterocycles. The second-order valence-corrected chi connectivity index (χ2v) is 7.48. The smallest absolute Gasteiger partial charge is 0.261 e. The molecular formula is C11H21ClN4O2S. The fourth-order valence-corrected chi connectivity index (χ4v) is 3.96. The first-order chi connectivity index (χ1) is 8.65. The van der Waals surface area contributed by atoms with Crippen LogP contribution in [0, 0.1) is 5.41 Å². The van der Waals surface area contributed by atoms with Crippen LogP contribution in [0.5, 0.6) is 0 Å². The summed E-state index contributed by atoms with van der Waals surface area (Å²) in [5.41, 5.74) is 5.37. The summed E-state index contributed by atoms with van der Waals surface area (Å²) in [7, 11) is -2.11. The van der Waals surface area contributed by atoms with E-state index in [0.29, 0.717) is 19.6 Å². The molecule has 0 saturated heterocycles. The Bertz CT molecular complexity index is 519. The van der Waals surface area contributed by atoms with E-state index in [1.165, 1.54) is 15.2 Å². The molecule has 0 amide bonds. The number of aryl methyl sites for hydroxylation is 1. The minimum Gasteiger partial charge on any atom is -0.330 e. The van der Waals surface area contributed by atoms with E-state index >= 15 is 0 Å². The molecule has 0 aromatic carbocycles. The van der Waals surface area contributed by atoms with Gasteiger partial charge in [0, 0.05) is 20.1 Å². The van der Waals surface area contributed by atoms with Gasteiger partial charge in [0.2, 0.25) is 0 Å². The van der Waals surface area contributed by atoms with E-state index in [-0.39, 0.29) is 15.5 Å². The number of hydrogen-bond donors (Lipinski definition) is 1. The molecule has 2 N–H and O–H groups in total. The molecule has 0 radical (unpaired) electrons. The lowest BCUT2D eigenvalue weighted by Gasteiger charge is -2.30. The Hall–Kier alpha value is -0.630. The number of aromatic nitrogens is 2. The van der Waals surface area contributed by atoms with Crippen molar-refractivity contribution in [2.75, 3.05) is 19.6 Å². The van der Waals surface area contributed by atoms with E-state index in [0.717, 1.165) is 0 Å². The number of nitrogens with two attached hydrogens (primary N) is 1. The number of rotatable bonds is 6. The maximum absolute atomic E-state index is 12.6. The summed E-state index contributed by atoms with van der Waals surface area (Å²) in [5, 5.41) is 4.02. The fraction of sp³-hybridized carbons (Fsp3) is 0.727. The molecule has 0 unspecified atom stereocenters. The second-order valence-electron chi connectivity index (χ2n) is 5.22. The van der Waals surface area contributed by atoms with Crippen LogP contribution in [0.1, 0.15) is 20.8 Å². The number of halogens is 1. The van der Waals surface area contributed by atoms with Crippen LogP contribution < -0.4 is 5.73 Å². The monoisotopic (exact) mass is 308 g/mol. The average molecular weight is 309 g/mol. The Morgan fingerprint density at radius 1 is 1.53 bits per heavy atom. The van der Waals surface area contributed by atoms with Gasteiger partial charge >= 0.3 is 0 Å². The first-order valence-electron chi connectivity index (χ1n) is 6.03. The molecular weight excluding hydrogens is 288 g/mol. The lowest BCUT2D eigenvalue weighted by Crippen LogP contribution is -2.42. The zero-order valence-electron chi connectivity index (χ0n) is 11.7. The van der Waals surface area contributed by atoms with Gasteiger partial charge in [-0.25, -0.2) is 8.42 Å². The molecule has 1 heterocycles. The van der Waals surface area contributed by atoms with Gasteiger partial charge < -0.3 is 5.73 Å². The van der Waals surface area contributed by atoms with Crippen LogP contribution >= 0.6 is 11.6 Å². The van der Waals surface area contributed by atoms with Gasteiger partial charge in [-0.2, -0.15) is 9.40 Å². The summed E-state index contributed by atoms with van der Waals surface area (Å²) in [6.45, 7) is 6.73. The lowest BCUT2D eigenvalue weighted by atomic mass is 9.94. The van der Waals surface area contributed by atoms with E-state index in [2.05, 4.69) is 5.10 Å². The van der Waals surface area contributed by atoms with E-state index in [9.17, 15) is 8.42 Å². The minimum atomic E-state index is -3.67. The van der Waals surface area contributed by atoms with Crippen LogP contribution in [0.2, 0.25) is 5.02 Å². The van der Waals surface area contributed by atoms with E-state index in [1.807, 2.05) is 13.8 Å². The summed E-state index contributed by atoms with van der Waals surface area (Å²) >= 11 is 5.92. The van der Waals surface area contributed by atoms with Crippen molar-refractivity contribution in [1.29, 1.82) is 0 Å². The Kier molecular flexibility index (Phi) is 5.00. The molecule has 8 heteroatoms. The predicted molar refractivity (Wildman–Crippen MR) is 75.5 cm³/mol. The van der Waals surface area contributed by atoms with Crippen LogP contribution in [0.3, 0.4) is 0 Å². The molecule has 0 bridgehead atoms. The number of sulfonamides is 1. The normalized spacial score (nSPS) is 13.2. The largest absolute Gasteiger partial charge is 0.330 e. The van der Waals surface area contributed by atoms with Crippen molar-refractivity contribution in [2.24, 2.45) is 18.2 Å². The molecule has 0 fully saturated rings. The van der Waals surface area contributed by atoms with Crippen molar-refractivity contribution in [2.45, 2.75) is 25.8 Å². The van der Waals surface area contributed by atoms with Gasteiger partial charge in [0.05, 0.1) is 11.2 Å². The van der Waals surface area contributed by atoms with Crippen molar-refractivity contribution in [3.05, 3.63) is 11.2 Å². The van der Waals surface area contributed by atoms with Gasteiger partial charge in [-0.05, 0) is 12.0 Å². The Morgan fingerprint density at radius 3 is 2.47 bits per heavy atom. The zero-order chi connectivity index (χ0) is 14.8. The van der Waals surface area contributed by atoms with Gasteiger partial charge in [-0.15, -0.1) is 0 Å². The van der Waals surface area contributed by atoms with Crippen LogP contribution in [0.25, 0.3) is 0 Å². The van der Waals surface area contributed by atoms with Crippen molar-refractivity contribution < 1.29 is 8.42 Å². The highest BCUT2D eigenvalue weighted by Gasteiger charge is 2.32. The Balaban J connectivity index is 3.17. The molecule has 0 spiro atoms. The number of nitrogens with zero attached hydrogens (tertiary/aromatic N) is 3. The molecule has 1 aromatic rings. The van der Waals surface area contributed by atoms with Crippen molar-refractivity contribution >= 4 is 21.6 Å². The van der Waals surface area contributed by atoms with Crippen LogP contribution in [-0.4, -0.2) is 42.1 Å². The van der Waals surface area contributed by atoms with Crippen LogP contribution in [0.15, 0.2) is 11.2 Å². The third kappa shape index (κ3) is 3.47. The molecule has 0 aliphatic rings. The quantitative estimate of drug-likeness (QED) is 0.852. The molecule has 1 rings (SSSR count). The highest BCUT2D eigenvalue weighted by atomic mass is 35.5. The zero-order valence-corrected chi connectivity index (χ0v) is 13.3. The minimum absolute atomic E-state index is 0.0174. The van der Waals surface area contributed by atoms with Gasteiger partial charge in [-0.1, -0.05) is 32.4 Å². The maximum atomic E-state index is 12.6. The Labute approximate surface area is 119 Å². The first kappa shape index (κ1) is 16.4. The predicted octanol–water partition coefficient (Wildman–Crippen LogP) is 1.07. The van der Waals surface area contributed by atoms with E-state index in [1.54, 1.807) is 14.0 Å². The molecule has 19 heavy (non-hydrogen) atoms. The summed E-state index contributed by atoms with van der Waals surface area (Å²) in [4.78, 5) is 0. The van der Waals surface area contributed by atoms with Crippen molar-refractivity contribution in [3.8, 4) is 0 Å². The fourth-order valence-electron chi connectivity index (χ4n) is 1.72. The van der Waals surface area contributed by atoms with Gasteiger partial charge in [-0.3, -0.25) is 4.68 Å².